The highest BCUT2D eigenvalue weighted by Gasteiger charge is 2.43. The van der Waals surface area contributed by atoms with Crippen molar-refractivity contribution in [2.75, 3.05) is 0 Å². The van der Waals surface area contributed by atoms with E-state index in [-0.39, 0.29) is 11.8 Å². The molecule has 1 aliphatic carbocycles. The third kappa shape index (κ3) is 8.87. The lowest BCUT2D eigenvalue weighted by Gasteiger charge is -2.35. The minimum atomic E-state index is 0.0584. The van der Waals surface area contributed by atoms with Gasteiger partial charge in [0.05, 0.1) is 0 Å². The first-order valence-corrected chi connectivity index (χ1v) is 10.7. The summed E-state index contributed by atoms with van der Waals surface area (Å²) in [5, 5.41) is 0. The van der Waals surface area contributed by atoms with Crippen LogP contribution in [0.3, 0.4) is 0 Å². The van der Waals surface area contributed by atoms with Crippen molar-refractivity contribution in [3.05, 3.63) is 0 Å². The normalized spacial score (nSPS) is 22.2. The van der Waals surface area contributed by atoms with Gasteiger partial charge in [-0.05, 0) is 37.5 Å². The number of hydrogen-bond donors (Lipinski definition) is 1. The Kier molecular flexibility index (Phi) is 13.8. The van der Waals surface area contributed by atoms with Crippen molar-refractivity contribution in [3.8, 4) is 0 Å². The van der Waals surface area contributed by atoms with E-state index in [1.54, 1.807) is 0 Å². The van der Waals surface area contributed by atoms with Crippen LogP contribution in [0.2, 0.25) is 0 Å². The lowest BCUT2D eigenvalue weighted by Crippen LogP contribution is -2.31. The molecule has 0 bridgehead atoms. The number of rotatable bonds is 12. The first-order valence-electron chi connectivity index (χ1n) is 10.7. The smallest absolute Gasteiger partial charge is 0.204 e. The van der Waals surface area contributed by atoms with Crippen molar-refractivity contribution in [3.63, 3.8) is 0 Å². The molecule has 3 nitrogen and oxygen atoms in total. The molecule has 0 aromatic carbocycles. The Bertz CT molecular complexity index is 336. The Hall–Kier alpha value is -0.860. The highest BCUT2D eigenvalue weighted by Crippen LogP contribution is 2.47. The van der Waals surface area contributed by atoms with Gasteiger partial charge >= 0.3 is 0 Å². The maximum Gasteiger partial charge on any atom is 0.204 e. The summed E-state index contributed by atoms with van der Waals surface area (Å²) in [4.78, 5) is 21.3. The van der Waals surface area contributed by atoms with Crippen LogP contribution in [0.15, 0.2) is 0 Å². The van der Waals surface area contributed by atoms with Crippen molar-refractivity contribution < 1.29 is 9.59 Å². The van der Waals surface area contributed by atoms with Gasteiger partial charge in [-0.2, -0.15) is 0 Å². The highest BCUT2D eigenvalue weighted by molar-refractivity contribution is 5.86. The predicted molar refractivity (Wildman–Crippen MR) is 107 cm³/mol. The number of ketones is 1. The second-order valence-corrected chi connectivity index (χ2v) is 7.93. The van der Waals surface area contributed by atoms with Gasteiger partial charge < -0.3 is 5.73 Å². The molecular formula is C22H43NO2. The van der Waals surface area contributed by atoms with Crippen LogP contribution in [0, 0.1) is 17.3 Å². The van der Waals surface area contributed by atoms with Crippen molar-refractivity contribution in [1.82, 2.24) is 0 Å². The average molecular weight is 354 g/mol. The number of amides is 1. The molecule has 148 valence electrons. The molecule has 2 N–H and O–H groups in total. The van der Waals surface area contributed by atoms with Gasteiger partial charge in [0, 0.05) is 11.8 Å². The van der Waals surface area contributed by atoms with E-state index in [0.29, 0.717) is 5.78 Å². The Morgan fingerprint density at radius 2 is 1.44 bits per heavy atom. The van der Waals surface area contributed by atoms with Crippen LogP contribution >= 0.6 is 0 Å². The van der Waals surface area contributed by atoms with Crippen LogP contribution in [0.1, 0.15) is 111 Å². The van der Waals surface area contributed by atoms with Gasteiger partial charge in [0.25, 0.3) is 0 Å². The fourth-order valence-electron chi connectivity index (χ4n) is 4.50. The molecule has 0 aromatic rings. The molecule has 0 saturated heterocycles. The van der Waals surface area contributed by atoms with E-state index >= 15 is 0 Å². The molecule has 1 rings (SSSR count). The zero-order valence-corrected chi connectivity index (χ0v) is 17.3. The van der Waals surface area contributed by atoms with Crippen LogP contribution in [0.25, 0.3) is 0 Å². The van der Waals surface area contributed by atoms with Crippen LogP contribution in [-0.4, -0.2) is 12.2 Å². The summed E-state index contributed by atoms with van der Waals surface area (Å²) in [5.74, 6) is 2.15. The molecule has 0 aliphatic heterocycles. The van der Waals surface area contributed by atoms with E-state index in [9.17, 15) is 4.79 Å². The average Bonchev–Trinajstić information content (AvgIpc) is 2.96. The zero-order valence-electron chi connectivity index (χ0n) is 17.3. The number of Topliss-reactive ketones (excluding diaryl/α,β-unsaturated/α-hetero) is 1. The third-order valence-corrected chi connectivity index (χ3v) is 6.10. The number of unbranched alkanes of at least 4 members (excludes halogenated alkanes) is 2. The first-order chi connectivity index (χ1) is 12.0. The molecule has 2 unspecified atom stereocenters. The van der Waals surface area contributed by atoms with Crippen molar-refractivity contribution in [2.24, 2.45) is 23.0 Å². The SMILES string of the molecule is CCCCC(CC)CC1(CC(CC)CCCC)CCCC1=O.NC=O. The fourth-order valence-corrected chi connectivity index (χ4v) is 4.50. The molecule has 0 heterocycles. The predicted octanol–water partition coefficient (Wildman–Crippen LogP) is 6.04. The highest BCUT2D eigenvalue weighted by atomic mass is 16.1. The Labute approximate surface area is 156 Å². The number of nitrogens with two attached hydrogens (primary N) is 1. The van der Waals surface area contributed by atoms with Gasteiger partial charge in [-0.1, -0.05) is 79.1 Å². The van der Waals surface area contributed by atoms with Crippen LogP contribution in [-0.2, 0) is 9.59 Å². The van der Waals surface area contributed by atoms with Gasteiger partial charge in [0.1, 0.15) is 5.78 Å². The van der Waals surface area contributed by atoms with E-state index < -0.39 is 0 Å². The molecule has 1 fully saturated rings. The Balaban J connectivity index is 0.00000178. The Morgan fingerprint density at radius 1 is 1.00 bits per heavy atom. The minimum Gasteiger partial charge on any atom is -0.372 e. The third-order valence-electron chi connectivity index (χ3n) is 6.10. The summed E-state index contributed by atoms with van der Waals surface area (Å²) in [6.07, 6.45) is 16.2. The van der Waals surface area contributed by atoms with Gasteiger partial charge in [-0.25, -0.2) is 0 Å². The van der Waals surface area contributed by atoms with Gasteiger partial charge in [0.15, 0.2) is 0 Å². The van der Waals surface area contributed by atoms with E-state index in [2.05, 4.69) is 33.4 Å². The monoisotopic (exact) mass is 353 g/mol. The maximum atomic E-state index is 12.7. The van der Waals surface area contributed by atoms with E-state index in [1.165, 1.54) is 70.6 Å². The lowest BCUT2D eigenvalue weighted by molar-refractivity contribution is -0.128. The maximum absolute atomic E-state index is 12.7. The van der Waals surface area contributed by atoms with E-state index in [1.807, 2.05) is 0 Å². The van der Waals surface area contributed by atoms with Gasteiger partial charge in [-0.3, -0.25) is 9.59 Å². The summed E-state index contributed by atoms with van der Waals surface area (Å²) in [7, 11) is 0. The Morgan fingerprint density at radius 3 is 1.72 bits per heavy atom. The second-order valence-electron chi connectivity index (χ2n) is 7.93. The molecule has 0 radical (unpaired) electrons. The lowest BCUT2D eigenvalue weighted by atomic mass is 9.69. The van der Waals surface area contributed by atoms with Gasteiger partial charge in [-0.15, -0.1) is 0 Å². The van der Waals surface area contributed by atoms with Crippen molar-refractivity contribution >= 4 is 12.2 Å². The minimum absolute atomic E-state index is 0.0584. The summed E-state index contributed by atoms with van der Waals surface area (Å²) in [5.41, 5.74) is 4.23. The van der Waals surface area contributed by atoms with Crippen molar-refractivity contribution in [2.45, 2.75) is 111 Å². The van der Waals surface area contributed by atoms with Crippen LogP contribution < -0.4 is 5.73 Å². The van der Waals surface area contributed by atoms with Crippen LogP contribution in [0.5, 0.6) is 0 Å². The topological polar surface area (TPSA) is 60.2 Å². The summed E-state index contributed by atoms with van der Waals surface area (Å²) >= 11 is 0. The fraction of sp³-hybridized carbons (Fsp3) is 0.909. The molecule has 0 aromatic heterocycles. The van der Waals surface area contributed by atoms with E-state index in [0.717, 1.165) is 24.7 Å². The standard InChI is InChI=1S/C21H40O.CH3NO/c1-5-9-12-18(7-3)16-21(15-11-14-20(21)22)17-19(8-4)13-10-6-2;2-1-3/h18-19H,5-17H2,1-4H3;1H,(H2,2,3). The van der Waals surface area contributed by atoms with Crippen LogP contribution in [0.4, 0.5) is 0 Å². The number of carbonyl (C=O) groups is 2. The summed E-state index contributed by atoms with van der Waals surface area (Å²) < 4.78 is 0. The first kappa shape index (κ1) is 24.1. The summed E-state index contributed by atoms with van der Waals surface area (Å²) in [6, 6.07) is 0. The van der Waals surface area contributed by atoms with Gasteiger partial charge in [0.2, 0.25) is 6.41 Å². The molecule has 1 aliphatic rings. The second kappa shape index (κ2) is 14.3. The molecular weight excluding hydrogens is 310 g/mol. The molecule has 0 spiro atoms. The molecule has 3 heteroatoms. The molecule has 1 amide bonds. The number of primary amides is 1. The quantitative estimate of drug-likeness (QED) is 0.435. The number of hydrogen-bond acceptors (Lipinski definition) is 2. The molecule has 2 atom stereocenters. The van der Waals surface area contributed by atoms with E-state index in [4.69, 9.17) is 4.79 Å². The zero-order chi connectivity index (χ0) is 19.1. The molecule has 1 saturated carbocycles. The van der Waals surface area contributed by atoms with Crippen molar-refractivity contribution in [1.29, 1.82) is 0 Å². The summed E-state index contributed by atoms with van der Waals surface area (Å²) in [6.45, 7) is 9.20. The molecule has 25 heavy (non-hydrogen) atoms. The number of carbonyl (C=O) groups excluding carboxylic acids is 2. The largest absolute Gasteiger partial charge is 0.372 e.